The quantitative estimate of drug-likeness (QED) is 0.924. The van der Waals surface area contributed by atoms with Gasteiger partial charge in [-0.3, -0.25) is 4.98 Å². The molecule has 1 aromatic carbocycles. The van der Waals surface area contributed by atoms with E-state index in [4.69, 9.17) is 9.47 Å². The minimum absolute atomic E-state index is 0.531. The Hall–Kier alpha value is -1.59. The summed E-state index contributed by atoms with van der Waals surface area (Å²) in [4.78, 5) is 4.20. The fourth-order valence-corrected chi connectivity index (χ4v) is 2.18. The molecule has 0 saturated carbocycles. The van der Waals surface area contributed by atoms with Gasteiger partial charge in [-0.1, -0.05) is 6.07 Å². The van der Waals surface area contributed by atoms with Crippen LogP contribution in [0.3, 0.4) is 0 Å². The van der Waals surface area contributed by atoms with Crippen molar-refractivity contribution in [1.29, 1.82) is 0 Å². The Balaban J connectivity index is 1.91. The van der Waals surface area contributed by atoms with Crippen LogP contribution in [0.5, 0.6) is 11.5 Å². The Kier molecular flexibility index (Phi) is 3.40. The highest BCUT2D eigenvalue weighted by atomic mass is 79.9. The smallest absolute Gasteiger partial charge is 0.161 e. The van der Waals surface area contributed by atoms with E-state index in [-0.39, 0.29) is 0 Å². The number of aliphatic hydroxyl groups is 1. The predicted molar refractivity (Wildman–Crippen MR) is 73.4 cm³/mol. The Bertz CT molecular complexity index is 586. The van der Waals surface area contributed by atoms with Crippen molar-refractivity contribution in [2.24, 2.45) is 0 Å². The van der Waals surface area contributed by atoms with E-state index in [9.17, 15) is 5.11 Å². The number of aromatic nitrogens is 1. The van der Waals surface area contributed by atoms with Crippen LogP contribution in [-0.4, -0.2) is 23.3 Å². The summed E-state index contributed by atoms with van der Waals surface area (Å²) in [6.07, 6.45) is 0.889. The van der Waals surface area contributed by atoms with Crippen molar-refractivity contribution in [3.8, 4) is 11.5 Å². The maximum Gasteiger partial charge on any atom is 0.161 e. The largest absolute Gasteiger partial charge is 0.486 e. The number of benzene rings is 1. The van der Waals surface area contributed by atoms with Crippen molar-refractivity contribution >= 4 is 15.9 Å². The first-order chi connectivity index (χ1) is 9.24. The SMILES string of the molecule is OC(c1ccc2c(c1)OCCO2)c1ccc(Br)cn1. The maximum atomic E-state index is 10.3. The molecule has 1 N–H and O–H groups in total. The summed E-state index contributed by atoms with van der Waals surface area (Å²) in [5.74, 6) is 1.38. The molecule has 1 atom stereocenters. The van der Waals surface area contributed by atoms with Gasteiger partial charge in [0.15, 0.2) is 11.5 Å². The number of fused-ring (bicyclic) bond motifs is 1. The Morgan fingerprint density at radius 3 is 2.63 bits per heavy atom. The number of rotatable bonds is 2. The summed E-state index contributed by atoms with van der Waals surface area (Å²) in [5.41, 5.74) is 1.33. The molecule has 0 radical (unpaired) electrons. The molecule has 98 valence electrons. The zero-order chi connectivity index (χ0) is 13.2. The van der Waals surface area contributed by atoms with Crippen LogP contribution in [0.4, 0.5) is 0 Å². The summed E-state index contributed by atoms with van der Waals surface area (Å²) >= 11 is 3.32. The van der Waals surface area contributed by atoms with E-state index in [2.05, 4.69) is 20.9 Å². The Morgan fingerprint density at radius 2 is 1.89 bits per heavy atom. The molecule has 0 bridgehead atoms. The number of halogens is 1. The third-order valence-corrected chi connectivity index (χ3v) is 3.38. The normalized spacial score (nSPS) is 15.1. The molecule has 3 rings (SSSR count). The number of aliphatic hydroxyl groups excluding tert-OH is 1. The molecule has 4 nitrogen and oxygen atoms in total. The van der Waals surface area contributed by atoms with Gasteiger partial charge in [-0.2, -0.15) is 0 Å². The van der Waals surface area contributed by atoms with Crippen molar-refractivity contribution in [3.63, 3.8) is 0 Å². The van der Waals surface area contributed by atoms with Crippen molar-refractivity contribution < 1.29 is 14.6 Å². The van der Waals surface area contributed by atoms with Crippen LogP contribution in [0.1, 0.15) is 17.4 Å². The fraction of sp³-hybridized carbons (Fsp3) is 0.214. The van der Waals surface area contributed by atoms with Crippen molar-refractivity contribution in [2.45, 2.75) is 6.10 Å². The second kappa shape index (κ2) is 5.19. The van der Waals surface area contributed by atoms with Crippen LogP contribution < -0.4 is 9.47 Å². The molecule has 2 aromatic rings. The minimum atomic E-state index is -0.774. The van der Waals surface area contributed by atoms with Crippen molar-refractivity contribution in [1.82, 2.24) is 4.98 Å². The zero-order valence-corrected chi connectivity index (χ0v) is 11.6. The zero-order valence-electron chi connectivity index (χ0n) is 10.0. The standard InChI is InChI=1S/C14H12BrNO3/c15-10-2-3-11(16-8-10)14(17)9-1-4-12-13(7-9)19-6-5-18-12/h1-4,7-8,14,17H,5-6H2. The van der Waals surface area contributed by atoms with Gasteiger partial charge in [0.2, 0.25) is 0 Å². The number of hydrogen-bond acceptors (Lipinski definition) is 4. The first-order valence-corrected chi connectivity index (χ1v) is 6.72. The summed E-state index contributed by atoms with van der Waals surface area (Å²) in [6.45, 7) is 1.09. The maximum absolute atomic E-state index is 10.3. The lowest BCUT2D eigenvalue weighted by atomic mass is 10.1. The molecule has 0 spiro atoms. The van der Waals surface area contributed by atoms with Crippen LogP contribution in [0, 0.1) is 0 Å². The average Bonchev–Trinajstić information content (AvgIpc) is 2.47. The summed E-state index contributed by atoms with van der Waals surface area (Å²) < 4.78 is 11.8. The highest BCUT2D eigenvalue weighted by molar-refractivity contribution is 9.10. The predicted octanol–water partition coefficient (Wildman–Crippen LogP) is 2.70. The molecule has 1 aliphatic rings. The van der Waals surface area contributed by atoms with E-state index >= 15 is 0 Å². The first kappa shape index (κ1) is 12.4. The lowest BCUT2D eigenvalue weighted by molar-refractivity contribution is 0.169. The number of pyridine rings is 1. The van der Waals surface area contributed by atoms with Crippen LogP contribution in [-0.2, 0) is 0 Å². The highest BCUT2D eigenvalue weighted by Gasteiger charge is 2.17. The van der Waals surface area contributed by atoms with Gasteiger partial charge < -0.3 is 14.6 Å². The molecule has 1 aromatic heterocycles. The van der Waals surface area contributed by atoms with E-state index in [0.29, 0.717) is 30.4 Å². The Morgan fingerprint density at radius 1 is 1.11 bits per heavy atom. The monoisotopic (exact) mass is 321 g/mol. The van der Waals surface area contributed by atoms with Crippen LogP contribution in [0.15, 0.2) is 41.0 Å². The molecule has 1 aliphatic heterocycles. The van der Waals surface area contributed by atoms with Gasteiger partial charge >= 0.3 is 0 Å². The second-order valence-corrected chi connectivity index (χ2v) is 5.12. The van der Waals surface area contributed by atoms with Crippen LogP contribution in [0.25, 0.3) is 0 Å². The molecule has 5 heteroatoms. The van der Waals surface area contributed by atoms with Gasteiger partial charge in [-0.05, 0) is 45.8 Å². The third-order valence-electron chi connectivity index (χ3n) is 2.91. The molecule has 2 heterocycles. The molecule has 0 saturated heterocycles. The highest BCUT2D eigenvalue weighted by Crippen LogP contribution is 2.33. The van der Waals surface area contributed by atoms with Crippen LogP contribution in [0.2, 0.25) is 0 Å². The molecular weight excluding hydrogens is 310 g/mol. The topological polar surface area (TPSA) is 51.6 Å². The second-order valence-electron chi connectivity index (χ2n) is 4.21. The van der Waals surface area contributed by atoms with Gasteiger partial charge in [0.05, 0.1) is 5.69 Å². The van der Waals surface area contributed by atoms with E-state index in [0.717, 1.165) is 10.0 Å². The van der Waals surface area contributed by atoms with Crippen molar-refractivity contribution in [3.05, 3.63) is 52.3 Å². The number of ether oxygens (including phenoxy) is 2. The van der Waals surface area contributed by atoms with Gasteiger partial charge in [0.1, 0.15) is 19.3 Å². The summed E-state index contributed by atoms with van der Waals surface area (Å²) in [5, 5.41) is 10.3. The van der Waals surface area contributed by atoms with E-state index < -0.39 is 6.10 Å². The minimum Gasteiger partial charge on any atom is -0.486 e. The third kappa shape index (κ3) is 2.57. The molecule has 0 amide bonds. The molecule has 19 heavy (non-hydrogen) atoms. The Labute approximate surface area is 119 Å². The molecule has 0 aliphatic carbocycles. The molecule has 0 fully saturated rings. The van der Waals surface area contributed by atoms with Gasteiger partial charge in [0, 0.05) is 10.7 Å². The first-order valence-electron chi connectivity index (χ1n) is 5.93. The van der Waals surface area contributed by atoms with Crippen molar-refractivity contribution in [2.75, 3.05) is 13.2 Å². The molecule has 1 unspecified atom stereocenters. The van der Waals surface area contributed by atoms with Gasteiger partial charge in [-0.15, -0.1) is 0 Å². The van der Waals surface area contributed by atoms with Gasteiger partial charge in [-0.25, -0.2) is 0 Å². The fourth-order valence-electron chi connectivity index (χ4n) is 1.95. The van der Waals surface area contributed by atoms with E-state index in [1.54, 1.807) is 18.3 Å². The lowest BCUT2D eigenvalue weighted by Gasteiger charge is -2.20. The molecular formula is C14H12BrNO3. The van der Waals surface area contributed by atoms with E-state index in [1.807, 2.05) is 18.2 Å². The van der Waals surface area contributed by atoms with E-state index in [1.165, 1.54) is 0 Å². The van der Waals surface area contributed by atoms with Gasteiger partial charge in [0.25, 0.3) is 0 Å². The number of nitrogens with zero attached hydrogens (tertiary/aromatic N) is 1. The van der Waals surface area contributed by atoms with Crippen LogP contribution >= 0.6 is 15.9 Å². The summed E-state index contributed by atoms with van der Waals surface area (Å²) in [6, 6.07) is 9.06. The number of hydrogen-bond donors (Lipinski definition) is 1. The average molecular weight is 322 g/mol. The summed E-state index contributed by atoms with van der Waals surface area (Å²) in [7, 11) is 0. The lowest BCUT2D eigenvalue weighted by Crippen LogP contribution is -2.15.